The summed E-state index contributed by atoms with van der Waals surface area (Å²) < 4.78 is 5.07. The van der Waals surface area contributed by atoms with E-state index in [1.54, 1.807) is 0 Å². The number of nitrogens with one attached hydrogen (secondary N) is 2. The standard InChI is InChI=1S/C19H19N3O5/c1-27-18-15(6-4-8-17(18)22(25)26)19(24)21-13(11-23)9-12-10-20-16-7-3-2-5-14(12)16/h2-8,10,13,20,23H,9,11H2,1H3,(H,21,24). The monoisotopic (exact) mass is 369 g/mol. The summed E-state index contributed by atoms with van der Waals surface area (Å²) in [5.41, 5.74) is 1.68. The van der Waals surface area contributed by atoms with E-state index < -0.39 is 16.9 Å². The molecular formula is C19H19N3O5. The second-order valence-electron chi connectivity index (χ2n) is 6.03. The van der Waals surface area contributed by atoms with E-state index in [9.17, 15) is 20.0 Å². The Labute approximate surface area is 154 Å². The number of aromatic amines is 1. The SMILES string of the molecule is COc1c(C(=O)NC(CO)Cc2c[nH]c3ccccc23)cccc1[N+](=O)[O-]. The van der Waals surface area contributed by atoms with Crippen LogP contribution in [0.4, 0.5) is 5.69 Å². The number of carbonyl (C=O) groups excluding carboxylic acids is 1. The van der Waals surface area contributed by atoms with Crippen LogP contribution in [0.2, 0.25) is 0 Å². The van der Waals surface area contributed by atoms with Gasteiger partial charge in [-0.15, -0.1) is 0 Å². The number of nitrogens with zero attached hydrogens (tertiary/aromatic N) is 1. The van der Waals surface area contributed by atoms with Crippen LogP contribution >= 0.6 is 0 Å². The first-order valence-electron chi connectivity index (χ1n) is 8.33. The first-order valence-corrected chi connectivity index (χ1v) is 8.33. The van der Waals surface area contributed by atoms with E-state index in [2.05, 4.69) is 10.3 Å². The van der Waals surface area contributed by atoms with Crippen LogP contribution < -0.4 is 10.1 Å². The highest BCUT2D eigenvalue weighted by Crippen LogP contribution is 2.30. The molecule has 3 N–H and O–H groups in total. The molecule has 0 saturated heterocycles. The van der Waals surface area contributed by atoms with Crippen LogP contribution in [0.3, 0.4) is 0 Å². The van der Waals surface area contributed by atoms with Crippen molar-refractivity contribution in [2.75, 3.05) is 13.7 Å². The molecule has 0 radical (unpaired) electrons. The molecule has 1 amide bonds. The lowest BCUT2D eigenvalue weighted by Crippen LogP contribution is -2.39. The van der Waals surface area contributed by atoms with Gasteiger partial charge in [0.15, 0.2) is 0 Å². The Balaban J connectivity index is 1.82. The lowest BCUT2D eigenvalue weighted by atomic mass is 10.0. The second-order valence-corrected chi connectivity index (χ2v) is 6.03. The number of fused-ring (bicyclic) bond motifs is 1. The zero-order valence-corrected chi connectivity index (χ0v) is 14.6. The average molecular weight is 369 g/mol. The van der Waals surface area contributed by atoms with Gasteiger partial charge in [-0.3, -0.25) is 14.9 Å². The fraction of sp³-hybridized carbons (Fsp3) is 0.211. The van der Waals surface area contributed by atoms with Crippen LogP contribution in [-0.4, -0.2) is 40.7 Å². The number of aliphatic hydroxyl groups excluding tert-OH is 1. The smallest absolute Gasteiger partial charge is 0.311 e. The van der Waals surface area contributed by atoms with E-state index >= 15 is 0 Å². The van der Waals surface area contributed by atoms with Crippen molar-refractivity contribution in [2.45, 2.75) is 12.5 Å². The Morgan fingerprint density at radius 1 is 1.30 bits per heavy atom. The van der Waals surface area contributed by atoms with Gasteiger partial charge in [0.2, 0.25) is 5.75 Å². The van der Waals surface area contributed by atoms with Crippen molar-refractivity contribution in [1.29, 1.82) is 0 Å². The number of amides is 1. The number of nitro benzene ring substituents is 1. The van der Waals surface area contributed by atoms with Crippen molar-refractivity contribution in [3.63, 3.8) is 0 Å². The predicted molar refractivity (Wildman–Crippen MR) is 100.0 cm³/mol. The number of carbonyl (C=O) groups is 1. The molecule has 1 atom stereocenters. The van der Waals surface area contributed by atoms with E-state index in [1.807, 2.05) is 30.5 Å². The van der Waals surface area contributed by atoms with Crippen LogP contribution in [0.5, 0.6) is 5.75 Å². The Morgan fingerprint density at radius 3 is 2.78 bits per heavy atom. The van der Waals surface area contributed by atoms with Gasteiger partial charge in [-0.05, 0) is 24.1 Å². The molecule has 0 spiro atoms. The summed E-state index contributed by atoms with van der Waals surface area (Å²) in [5, 5.41) is 24.6. The van der Waals surface area contributed by atoms with Gasteiger partial charge in [0.1, 0.15) is 0 Å². The van der Waals surface area contributed by atoms with E-state index in [4.69, 9.17) is 4.74 Å². The summed E-state index contributed by atoms with van der Waals surface area (Å²) >= 11 is 0. The summed E-state index contributed by atoms with van der Waals surface area (Å²) in [6, 6.07) is 11.3. The molecule has 0 fully saturated rings. The summed E-state index contributed by atoms with van der Waals surface area (Å²) in [4.78, 5) is 26.3. The third kappa shape index (κ3) is 3.75. The van der Waals surface area contributed by atoms with Crippen LogP contribution in [0.1, 0.15) is 15.9 Å². The van der Waals surface area contributed by atoms with Gasteiger partial charge in [-0.25, -0.2) is 0 Å². The molecule has 3 aromatic rings. The molecule has 27 heavy (non-hydrogen) atoms. The number of aromatic nitrogens is 1. The van der Waals surface area contributed by atoms with Gasteiger partial charge < -0.3 is 20.1 Å². The van der Waals surface area contributed by atoms with Gasteiger partial charge >= 0.3 is 5.69 Å². The Kier molecular flexibility index (Phi) is 5.37. The molecule has 0 aliphatic heterocycles. The van der Waals surface area contributed by atoms with Gasteiger partial charge in [-0.1, -0.05) is 24.3 Å². The topological polar surface area (TPSA) is 117 Å². The van der Waals surface area contributed by atoms with Gasteiger partial charge in [0, 0.05) is 23.2 Å². The van der Waals surface area contributed by atoms with Gasteiger partial charge in [-0.2, -0.15) is 0 Å². The molecule has 1 unspecified atom stereocenters. The number of methoxy groups -OCH3 is 1. The van der Waals surface area contributed by atoms with Crippen molar-refractivity contribution in [3.8, 4) is 5.75 Å². The molecule has 2 aromatic carbocycles. The van der Waals surface area contributed by atoms with Gasteiger partial charge in [0.05, 0.1) is 30.2 Å². The largest absolute Gasteiger partial charge is 0.490 e. The lowest BCUT2D eigenvalue weighted by Gasteiger charge is -2.17. The maximum atomic E-state index is 12.6. The van der Waals surface area contributed by atoms with Crippen molar-refractivity contribution < 1.29 is 19.6 Å². The van der Waals surface area contributed by atoms with Gasteiger partial charge in [0.25, 0.3) is 5.91 Å². The number of hydrogen-bond acceptors (Lipinski definition) is 5. The minimum absolute atomic E-state index is 0.0454. The van der Waals surface area contributed by atoms with Crippen molar-refractivity contribution >= 4 is 22.5 Å². The quantitative estimate of drug-likeness (QED) is 0.437. The third-order valence-corrected chi connectivity index (χ3v) is 4.34. The summed E-state index contributed by atoms with van der Waals surface area (Å²) in [7, 11) is 1.27. The Bertz CT molecular complexity index is 982. The number of aliphatic hydroxyl groups is 1. The molecule has 8 heteroatoms. The van der Waals surface area contributed by atoms with E-state index in [0.29, 0.717) is 6.42 Å². The number of H-pyrrole nitrogens is 1. The number of nitro groups is 1. The predicted octanol–water partition coefficient (Wildman–Crippen LogP) is 2.42. The normalized spacial score (nSPS) is 11.9. The molecular weight excluding hydrogens is 350 g/mol. The maximum absolute atomic E-state index is 12.6. The first-order chi connectivity index (χ1) is 13.0. The maximum Gasteiger partial charge on any atom is 0.311 e. The summed E-state index contributed by atoms with van der Waals surface area (Å²) in [6.45, 7) is -0.275. The average Bonchev–Trinajstić information content (AvgIpc) is 3.09. The molecule has 0 aliphatic rings. The zero-order chi connectivity index (χ0) is 19.4. The van der Waals surface area contributed by atoms with E-state index in [0.717, 1.165) is 16.5 Å². The number of rotatable bonds is 7. The molecule has 0 saturated carbocycles. The first kappa shape index (κ1) is 18.4. The van der Waals surface area contributed by atoms with Crippen LogP contribution in [0.15, 0.2) is 48.7 Å². The minimum atomic E-state index is -0.606. The Hall–Kier alpha value is -3.39. The summed E-state index contributed by atoms with van der Waals surface area (Å²) in [6.07, 6.45) is 2.25. The number of benzene rings is 2. The fourth-order valence-corrected chi connectivity index (χ4v) is 3.05. The molecule has 140 valence electrons. The van der Waals surface area contributed by atoms with Crippen molar-refractivity contribution in [3.05, 3.63) is 69.9 Å². The van der Waals surface area contributed by atoms with E-state index in [-0.39, 0.29) is 23.6 Å². The summed E-state index contributed by atoms with van der Waals surface area (Å²) in [5.74, 6) is -0.654. The van der Waals surface area contributed by atoms with Crippen molar-refractivity contribution in [2.24, 2.45) is 0 Å². The number of hydrogen-bond donors (Lipinski definition) is 3. The molecule has 1 heterocycles. The highest BCUT2D eigenvalue weighted by Gasteiger charge is 2.24. The highest BCUT2D eigenvalue weighted by molar-refractivity contribution is 5.98. The minimum Gasteiger partial charge on any atom is -0.490 e. The molecule has 1 aromatic heterocycles. The molecule has 3 rings (SSSR count). The highest BCUT2D eigenvalue weighted by atomic mass is 16.6. The van der Waals surface area contributed by atoms with Crippen LogP contribution in [-0.2, 0) is 6.42 Å². The van der Waals surface area contributed by atoms with Crippen LogP contribution in [0, 0.1) is 10.1 Å². The lowest BCUT2D eigenvalue weighted by molar-refractivity contribution is -0.385. The molecule has 8 nitrogen and oxygen atoms in total. The second kappa shape index (κ2) is 7.88. The Morgan fingerprint density at radius 2 is 2.07 bits per heavy atom. The van der Waals surface area contributed by atoms with Crippen LogP contribution in [0.25, 0.3) is 10.9 Å². The van der Waals surface area contributed by atoms with E-state index in [1.165, 1.54) is 25.3 Å². The molecule has 0 aliphatic carbocycles. The molecule has 0 bridgehead atoms. The zero-order valence-electron chi connectivity index (χ0n) is 14.6. The fourth-order valence-electron chi connectivity index (χ4n) is 3.05. The number of para-hydroxylation sites is 2. The number of ether oxygens (including phenoxy) is 1. The van der Waals surface area contributed by atoms with Crippen molar-refractivity contribution in [1.82, 2.24) is 10.3 Å². The third-order valence-electron chi connectivity index (χ3n) is 4.34.